The van der Waals surface area contributed by atoms with Gasteiger partial charge in [-0.15, -0.1) is 0 Å². The van der Waals surface area contributed by atoms with Crippen LogP contribution in [0.5, 0.6) is 0 Å². The van der Waals surface area contributed by atoms with Crippen molar-refractivity contribution in [1.29, 1.82) is 0 Å². The molecule has 27 heavy (non-hydrogen) atoms. The van der Waals surface area contributed by atoms with Gasteiger partial charge in [0.15, 0.2) is 0 Å². The monoisotopic (exact) mass is 363 g/mol. The lowest BCUT2D eigenvalue weighted by atomic mass is 10.1. The normalized spacial score (nSPS) is 16.3. The summed E-state index contributed by atoms with van der Waals surface area (Å²) in [7, 11) is 0. The van der Waals surface area contributed by atoms with Gasteiger partial charge in [-0.25, -0.2) is 0 Å². The van der Waals surface area contributed by atoms with Crippen LogP contribution >= 0.6 is 0 Å². The molecular formula is C21H21N3O3. The molecule has 2 aliphatic rings. The van der Waals surface area contributed by atoms with Crippen LogP contribution in [-0.4, -0.2) is 30.3 Å². The van der Waals surface area contributed by atoms with Crippen molar-refractivity contribution in [2.75, 3.05) is 16.8 Å². The Morgan fingerprint density at radius 1 is 0.963 bits per heavy atom. The molecule has 2 N–H and O–H groups in total. The number of carbonyl (C=O) groups excluding carboxylic acids is 3. The van der Waals surface area contributed by atoms with Crippen molar-refractivity contribution < 1.29 is 14.4 Å². The van der Waals surface area contributed by atoms with Crippen LogP contribution in [0.15, 0.2) is 48.5 Å². The summed E-state index contributed by atoms with van der Waals surface area (Å²) in [6.07, 6.45) is 3.50. The van der Waals surface area contributed by atoms with E-state index in [-0.39, 0.29) is 23.8 Å². The van der Waals surface area contributed by atoms with Crippen molar-refractivity contribution in [3.8, 4) is 0 Å². The molecule has 1 saturated carbocycles. The third-order valence-corrected chi connectivity index (χ3v) is 4.81. The number of amides is 3. The first-order chi connectivity index (χ1) is 13.1. The van der Waals surface area contributed by atoms with E-state index in [0.29, 0.717) is 23.2 Å². The number of hydrogen-bond acceptors (Lipinski definition) is 3. The SMILES string of the molecule is O=C(Nc1cccc(C(=O)NC2CC2)c1)c1ccc(N2CCCC2=O)cc1. The lowest BCUT2D eigenvalue weighted by molar-refractivity contribution is -0.117. The fourth-order valence-electron chi connectivity index (χ4n) is 3.15. The highest BCUT2D eigenvalue weighted by molar-refractivity contribution is 6.05. The second-order valence-corrected chi connectivity index (χ2v) is 6.98. The third kappa shape index (κ3) is 4.00. The van der Waals surface area contributed by atoms with E-state index in [4.69, 9.17) is 0 Å². The molecule has 0 unspecified atom stereocenters. The Hall–Kier alpha value is -3.15. The summed E-state index contributed by atoms with van der Waals surface area (Å²) < 4.78 is 0. The van der Waals surface area contributed by atoms with Crippen molar-refractivity contribution >= 4 is 29.1 Å². The second kappa shape index (κ2) is 7.23. The zero-order chi connectivity index (χ0) is 18.8. The summed E-state index contributed by atoms with van der Waals surface area (Å²) in [5.74, 6) is -0.254. The Morgan fingerprint density at radius 3 is 2.41 bits per heavy atom. The average molecular weight is 363 g/mol. The van der Waals surface area contributed by atoms with Crippen LogP contribution in [0.1, 0.15) is 46.4 Å². The van der Waals surface area contributed by atoms with Crippen LogP contribution < -0.4 is 15.5 Å². The van der Waals surface area contributed by atoms with Gasteiger partial charge in [-0.05, 0) is 61.7 Å². The van der Waals surface area contributed by atoms with Gasteiger partial charge in [-0.2, -0.15) is 0 Å². The van der Waals surface area contributed by atoms with E-state index < -0.39 is 0 Å². The van der Waals surface area contributed by atoms with E-state index in [9.17, 15) is 14.4 Å². The zero-order valence-electron chi connectivity index (χ0n) is 14.9. The highest BCUT2D eigenvalue weighted by Gasteiger charge is 2.24. The number of rotatable bonds is 5. The second-order valence-electron chi connectivity index (χ2n) is 6.98. The summed E-state index contributed by atoms with van der Waals surface area (Å²) in [4.78, 5) is 38.2. The van der Waals surface area contributed by atoms with Crippen molar-refractivity contribution in [2.45, 2.75) is 31.7 Å². The maximum absolute atomic E-state index is 12.5. The van der Waals surface area contributed by atoms with Crippen LogP contribution in [0, 0.1) is 0 Å². The van der Waals surface area contributed by atoms with E-state index in [0.717, 1.165) is 31.5 Å². The Bertz CT molecular complexity index is 888. The number of hydrogen-bond donors (Lipinski definition) is 2. The topological polar surface area (TPSA) is 78.5 Å². The molecule has 0 spiro atoms. The van der Waals surface area contributed by atoms with E-state index in [2.05, 4.69) is 10.6 Å². The Morgan fingerprint density at radius 2 is 1.74 bits per heavy atom. The van der Waals surface area contributed by atoms with Crippen LogP contribution in [-0.2, 0) is 4.79 Å². The first-order valence-electron chi connectivity index (χ1n) is 9.23. The largest absolute Gasteiger partial charge is 0.349 e. The predicted molar refractivity (Wildman–Crippen MR) is 103 cm³/mol. The van der Waals surface area contributed by atoms with Gasteiger partial charge in [-0.1, -0.05) is 6.07 Å². The Kier molecular flexibility index (Phi) is 4.62. The van der Waals surface area contributed by atoms with E-state index in [1.165, 1.54) is 0 Å². The molecule has 6 nitrogen and oxygen atoms in total. The van der Waals surface area contributed by atoms with Gasteiger partial charge >= 0.3 is 0 Å². The highest BCUT2D eigenvalue weighted by Crippen LogP contribution is 2.22. The van der Waals surface area contributed by atoms with E-state index in [1.54, 1.807) is 53.4 Å². The molecule has 0 radical (unpaired) electrons. The standard InChI is InChI=1S/C21H21N3O3/c25-19-5-2-12-24(19)18-10-6-14(7-11-18)20(26)23-17-4-1-3-15(13-17)21(27)22-16-8-9-16/h1,3-4,6-7,10-11,13,16H,2,5,8-9,12H2,(H,22,27)(H,23,26). The summed E-state index contributed by atoms with van der Waals surface area (Å²) in [6.45, 7) is 0.722. The van der Waals surface area contributed by atoms with E-state index in [1.807, 2.05) is 0 Å². The molecular weight excluding hydrogens is 342 g/mol. The highest BCUT2D eigenvalue weighted by atomic mass is 16.2. The number of nitrogens with zero attached hydrogens (tertiary/aromatic N) is 1. The van der Waals surface area contributed by atoms with Crippen molar-refractivity contribution in [3.05, 3.63) is 59.7 Å². The van der Waals surface area contributed by atoms with E-state index >= 15 is 0 Å². The van der Waals surface area contributed by atoms with Gasteiger partial charge in [0, 0.05) is 41.5 Å². The first-order valence-corrected chi connectivity index (χ1v) is 9.23. The molecule has 0 aromatic heterocycles. The van der Waals surface area contributed by atoms with Crippen molar-refractivity contribution in [3.63, 3.8) is 0 Å². The minimum atomic E-state index is -0.256. The summed E-state index contributed by atoms with van der Waals surface area (Å²) in [6, 6.07) is 14.2. The Balaban J connectivity index is 1.42. The van der Waals surface area contributed by atoms with Crippen LogP contribution in [0.3, 0.4) is 0 Å². The Labute approximate surface area is 157 Å². The van der Waals surface area contributed by atoms with Gasteiger partial charge < -0.3 is 15.5 Å². The molecule has 2 aromatic carbocycles. The van der Waals surface area contributed by atoms with Crippen LogP contribution in [0.4, 0.5) is 11.4 Å². The molecule has 2 aromatic rings. The lowest BCUT2D eigenvalue weighted by Gasteiger charge is -2.15. The fraction of sp³-hybridized carbons (Fsp3) is 0.286. The molecule has 0 bridgehead atoms. The first kappa shape index (κ1) is 17.3. The number of carbonyl (C=O) groups is 3. The maximum atomic E-state index is 12.5. The number of anilines is 2. The summed E-state index contributed by atoms with van der Waals surface area (Å²) in [5, 5.41) is 5.76. The van der Waals surface area contributed by atoms with Crippen molar-refractivity contribution in [2.24, 2.45) is 0 Å². The molecule has 1 heterocycles. The van der Waals surface area contributed by atoms with Gasteiger partial charge in [-0.3, -0.25) is 14.4 Å². The molecule has 4 rings (SSSR count). The molecule has 0 atom stereocenters. The molecule has 138 valence electrons. The lowest BCUT2D eigenvalue weighted by Crippen LogP contribution is -2.25. The third-order valence-electron chi connectivity index (χ3n) is 4.81. The van der Waals surface area contributed by atoms with Crippen LogP contribution in [0.2, 0.25) is 0 Å². The average Bonchev–Trinajstić information content (AvgIpc) is 3.39. The quantitative estimate of drug-likeness (QED) is 0.857. The van der Waals surface area contributed by atoms with Gasteiger partial charge in [0.25, 0.3) is 11.8 Å². The maximum Gasteiger partial charge on any atom is 0.255 e. The van der Waals surface area contributed by atoms with Crippen molar-refractivity contribution in [1.82, 2.24) is 5.32 Å². The molecule has 1 aliphatic heterocycles. The number of benzene rings is 2. The van der Waals surface area contributed by atoms with Gasteiger partial charge in [0.05, 0.1) is 0 Å². The molecule has 1 aliphatic carbocycles. The molecule has 2 fully saturated rings. The van der Waals surface area contributed by atoms with Crippen LogP contribution in [0.25, 0.3) is 0 Å². The van der Waals surface area contributed by atoms with Gasteiger partial charge in [0.2, 0.25) is 5.91 Å². The fourth-order valence-corrected chi connectivity index (χ4v) is 3.15. The molecule has 3 amide bonds. The van der Waals surface area contributed by atoms with Gasteiger partial charge in [0.1, 0.15) is 0 Å². The number of nitrogens with one attached hydrogen (secondary N) is 2. The summed E-state index contributed by atoms with van der Waals surface area (Å²) in [5.41, 5.74) is 2.41. The zero-order valence-corrected chi connectivity index (χ0v) is 14.9. The minimum absolute atomic E-state index is 0.117. The predicted octanol–water partition coefficient (Wildman–Crippen LogP) is 2.96. The summed E-state index contributed by atoms with van der Waals surface area (Å²) >= 11 is 0. The molecule has 1 saturated heterocycles. The smallest absolute Gasteiger partial charge is 0.255 e. The minimum Gasteiger partial charge on any atom is -0.349 e. The molecule has 6 heteroatoms.